The number of carbonyl (C=O) groups is 3. The fourth-order valence-electron chi connectivity index (χ4n) is 4.28. The zero-order chi connectivity index (χ0) is 15.5. The van der Waals surface area contributed by atoms with Gasteiger partial charge in [0.1, 0.15) is 23.4 Å². The number of esters is 2. The third-order valence-corrected chi connectivity index (χ3v) is 5.59. The minimum atomic E-state index is -0.770. The maximum absolute atomic E-state index is 12.3. The summed E-state index contributed by atoms with van der Waals surface area (Å²) in [5.74, 6) is -1.41. The van der Waals surface area contributed by atoms with E-state index >= 15 is 0 Å². The van der Waals surface area contributed by atoms with Gasteiger partial charge in [0.15, 0.2) is 0 Å². The molecule has 0 aromatic carbocycles. The Labute approximate surface area is 124 Å². The molecule has 2 aliphatic carbocycles. The molecule has 2 saturated carbocycles. The summed E-state index contributed by atoms with van der Waals surface area (Å²) in [6, 6.07) is 0. The highest BCUT2D eigenvalue weighted by molar-refractivity contribution is 5.99. The van der Waals surface area contributed by atoms with Crippen LogP contribution in [0.15, 0.2) is 0 Å². The van der Waals surface area contributed by atoms with Gasteiger partial charge in [0.2, 0.25) is 0 Å². The number of hydrogen-bond acceptors (Lipinski definition) is 5. The van der Waals surface area contributed by atoms with Crippen molar-refractivity contribution in [3.8, 4) is 0 Å². The highest BCUT2D eigenvalue weighted by atomic mass is 16.6. The first-order valence-electron chi connectivity index (χ1n) is 7.72. The zero-order valence-electron chi connectivity index (χ0n) is 12.9. The lowest BCUT2D eigenvalue weighted by Crippen LogP contribution is -2.49. The van der Waals surface area contributed by atoms with Crippen molar-refractivity contribution in [2.45, 2.75) is 52.2 Å². The van der Waals surface area contributed by atoms with Crippen molar-refractivity contribution in [2.75, 3.05) is 0 Å². The lowest BCUT2D eigenvalue weighted by molar-refractivity contribution is -0.183. The Hall–Kier alpha value is -1.39. The molecule has 116 valence electrons. The standard InChI is InChI=1S/C16H22O5/c1-7(2)12(17)8(3)14(18)21-16(4)9-5-10-11(6-9)15(19)20-13(10)16/h7-11,13H,5-6H2,1-4H3. The second kappa shape index (κ2) is 4.55. The summed E-state index contributed by atoms with van der Waals surface area (Å²) >= 11 is 0. The smallest absolute Gasteiger partial charge is 0.316 e. The Kier molecular flexibility index (Phi) is 3.15. The van der Waals surface area contributed by atoms with E-state index in [0.717, 1.165) is 12.8 Å². The van der Waals surface area contributed by atoms with E-state index in [0.29, 0.717) is 0 Å². The Morgan fingerprint density at radius 3 is 2.57 bits per heavy atom. The number of fused-ring (bicyclic) bond motifs is 1. The second-order valence-corrected chi connectivity index (χ2v) is 7.18. The highest BCUT2D eigenvalue weighted by Gasteiger charge is 2.69. The summed E-state index contributed by atoms with van der Waals surface area (Å²) in [6.07, 6.45) is 1.27. The summed E-state index contributed by atoms with van der Waals surface area (Å²) in [4.78, 5) is 36.0. The number of carbonyl (C=O) groups excluding carboxylic acids is 3. The molecule has 6 unspecified atom stereocenters. The number of hydrogen-bond donors (Lipinski definition) is 0. The molecule has 3 rings (SSSR count). The van der Waals surface area contributed by atoms with Crippen LogP contribution in [0.25, 0.3) is 0 Å². The minimum absolute atomic E-state index is 0.0125. The van der Waals surface area contributed by atoms with E-state index in [9.17, 15) is 14.4 Å². The van der Waals surface area contributed by atoms with Crippen LogP contribution in [0.4, 0.5) is 0 Å². The fraction of sp³-hybridized carbons (Fsp3) is 0.812. The summed E-state index contributed by atoms with van der Waals surface area (Å²) in [5.41, 5.74) is -0.768. The Morgan fingerprint density at radius 1 is 1.29 bits per heavy atom. The molecule has 0 radical (unpaired) electrons. The molecule has 0 aromatic heterocycles. The van der Waals surface area contributed by atoms with Crippen LogP contribution in [0.2, 0.25) is 0 Å². The topological polar surface area (TPSA) is 69.7 Å². The van der Waals surface area contributed by atoms with Crippen LogP contribution in [-0.4, -0.2) is 29.4 Å². The van der Waals surface area contributed by atoms with E-state index in [1.165, 1.54) is 0 Å². The molecular weight excluding hydrogens is 272 g/mol. The van der Waals surface area contributed by atoms with Crippen LogP contribution >= 0.6 is 0 Å². The van der Waals surface area contributed by atoms with Gasteiger partial charge in [-0.15, -0.1) is 0 Å². The van der Waals surface area contributed by atoms with E-state index in [2.05, 4.69) is 0 Å². The SMILES string of the molecule is CC(C)C(=O)C(C)C(=O)OC1(C)C2CC3C(=O)OC1C3C2. The molecule has 1 aliphatic heterocycles. The van der Waals surface area contributed by atoms with Gasteiger partial charge in [0.05, 0.1) is 5.92 Å². The lowest BCUT2D eigenvalue weighted by atomic mass is 9.79. The first kappa shape index (κ1) is 14.5. The van der Waals surface area contributed by atoms with E-state index in [1.54, 1.807) is 20.8 Å². The molecule has 0 spiro atoms. The van der Waals surface area contributed by atoms with E-state index in [1.807, 2.05) is 6.92 Å². The normalized spacial score (nSPS) is 41.3. The van der Waals surface area contributed by atoms with Gasteiger partial charge in [0, 0.05) is 17.8 Å². The van der Waals surface area contributed by atoms with Gasteiger partial charge in [-0.2, -0.15) is 0 Å². The van der Waals surface area contributed by atoms with Gasteiger partial charge in [0.25, 0.3) is 0 Å². The summed E-state index contributed by atoms with van der Waals surface area (Å²) < 4.78 is 11.1. The Bertz CT molecular complexity index is 511. The zero-order valence-corrected chi connectivity index (χ0v) is 12.9. The third-order valence-electron chi connectivity index (χ3n) is 5.59. The van der Waals surface area contributed by atoms with Crippen molar-refractivity contribution in [2.24, 2.45) is 29.6 Å². The predicted octanol–water partition coefficient (Wildman–Crippen LogP) is 1.73. The molecule has 3 fully saturated rings. The summed E-state index contributed by atoms with van der Waals surface area (Å²) in [6.45, 7) is 6.98. The van der Waals surface area contributed by atoms with Crippen molar-refractivity contribution in [1.29, 1.82) is 0 Å². The Balaban J connectivity index is 1.75. The van der Waals surface area contributed by atoms with E-state index in [4.69, 9.17) is 9.47 Å². The van der Waals surface area contributed by atoms with Gasteiger partial charge >= 0.3 is 11.9 Å². The third kappa shape index (κ3) is 1.93. The molecule has 5 heteroatoms. The van der Waals surface area contributed by atoms with Crippen molar-refractivity contribution < 1.29 is 23.9 Å². The van der Waals surface area contributed by atoms with Crippen molar-refractivity contribution in [3.05, 3.63) is 0 Å². The molecule has 5 nitrogen and oxygen atoms in total. The van der Waals surface area contributed by atoms with Gasteiger partial charge < -0.3 is 9.47 Å². The monoisotopic (exact) mass is 294 g/mol. The van der Waals surface area contributed by atoms with Gasteiger partial charge in [-0.1, -0.05) is 13.8 Å². The lowest BCUT2D eigenvalue weighted by Gasteiger charge is -2.37. The number of rotatable bonds is 4. The molecule has 0 aromatic rings. The number of Topliss-reactive ketones (excluding diaryl/α,β-unsaturated/α-hetero) is 1. The molecular formula is C16H22O5. The van der Waals surface area contributed by atoms with Crippen LogP contribution in [-0.2, 0) is 23.9 Å². The molecule has 1 heterocycles. The van der Waals surface area contributed by atoms with Crippen LogP contribution in [0.3, 0.4) is 0 Å². The average Bonchev–Trinajstić information content (AvgIpc) is 3.02. The first-order chi connectivity index (χ1) is 9.75. The van der Waals surface area contributed by atoms with Crippen LogP contribution in [0, 0.1) is 29.6 Å². The maximum atomic E-state index is 12.3. The van der Waals surface area contributed by atoms with Gasteiger partial charge in [-0.05, 0) is 26.7 Å². The maximum Gasteiger partial charge on any atom is 0.316 e. The molecule has 0 N–H and O–H groups in total. The highest BCUT2D eigenvalue weighted by Crippen LogP contribution is 2.60. The average molecular weight is 294 g/mol. The Morgan fingerprint density at radius 2 is 1.95 bits per heavy atom. The van der Waals surface area contributed by atoms with Gasteiger partial charge in [-0.25, -0.2) is 0 Å². The predicted molar refractivity (Wildman–Crippen MR) is 73.1 cm³/mol. The quantitative estimate of drug-likeness (QED) is 0.583. The molecule has 6 atom stereocenters. The van der Waals surface area contributed by atoms with Crippen molar-refractivity contribution >= 4 is 17.7 Å². The fourth-order valence-corrected chi connectivity index (χ4v) is 4.28. The van der Waals surface area contributed by atoms with Crippen LogP contribution < -0.4 is 0 Å². The number of ketones is 1. The van der Waals surface area contributed by atoms with E-state index in [-0.39, 0.29) is 41.5 Å². The van der Waals surface area contributed by atoms with Gasteiger partial charge in [-0.3, -0.25) is 14.4 Å². The summed E-state index contributed by atoms with van der Waals surface area (Å²) in [7, 11) is 0. The number of ether oxygens (including phenoxy) is 2. The summed E-state index contributed by atoms with van der Waals surface area (Å²) in [5, 5.41) is 0. The molecule has 1 saturated heterocycles. The van der Waals surface area contributed by atoms with Crippen LogP contribution in [0.1, 0.15) is 40.5 Å². The first-order valence-corrected chi connectivity index (χ1v) is 7.72. The van der Waals surface area contributed by atoms with Crippen molar-refractivity contribution in [3.63, 3.8) is 0 Å². The minimum Gasteiger partial charge on any atom is -0.458 e. The second-order valence-electron chi connectivity index (χ2n) is 7.18. The molecule has 2 bridgehead atoms. The molecule has 3 aliphatic rings. The van der Waals surface area contributed by atoms with Crippen molar-refractivity contribution in [1.82, 2.24) is 0 Å². The largest absolute Gasteiger partial charge is 0.458 e. The molecule has 0 amide bonds. The van der Waals surface area contributed by atoms with Crippen LogP contribution in [0.5, 0.6) is 0 Å². The molecule has 21 heavy (non-hydrogen) atoms. The van der Waals surface area contributed by atoms with E-state index < -0.39 is 17.5 Å².